The number of rotatable bonds is 3. The third kappa shape index (κ3) is 2.44. The molecule has 0 aliphatic heterocycles. The summed E-state index contributed by atoms with van der Waals surface area (Å²) in [6.07, 6.45) is 2.88. The lowest BCUT2D eigenvalue weighted by atomic mass is 9.78. The van der Waals surface area contributed by atoms with Crippen LogP contribution in [0.2, 0.25) is 0 Å². The number of methoxy groups -OCH3 is 1. The molecule has 2 aromatic carbocycles. The van der Waals surface area contributed by atoms with Gasteiger partial charge in [-0.3, -0.25) is 0 Å². The van der Waals surface area contributed by atoms with Gasteiger partial charge in [-0.05, 0) is 48.1 Å². The number of hydrogen-bond acceptors (Lipinski definition) is 2. The first-order chi connectivity index (χ1) is 9.79. The molecule has 2 aromatic rings. The van der Waals surface area contributed by atoms with Crippen molar-refractivity contribution in [1.29, 1.82) is 0 Å². The quantitative estimate of drug-likeness (QED) is 0.916. The number of hydrogen-bond donors (Lipinski definition) is 1. The van der Waals surface area contributed by atoms with E-state index in [4.69, 9.17) is 4.74 Å². The van der Waals surface area contributed by atoms with Crippen LogP contribution in [0.15, 0.2) is 48.5 Å². The van der Waals surface area contributed by atoms with Gasteiger partial charge in [0.15, 0.2) is 0 Å². The Morgan fingerprint density at radius 1 is 1.10 bits per heavy atom. The number of ether oxygens (including phenoxy) is 1. The van der Waals surface area contributed by atoms with E-state index in [1.807, 2.05) is 24.3 Å². The SMILES string of the molecule is COc1ccc(C(O)C2CCCc3ccccc32)cc1. The molecule has 0 saturated carbocycles. The van der Waals surface area contributed by atoms with Crippen LogP contribution in [-0.2, 0) is 6.42 Å². The molecule has 0 spiro atoms. The third-order valence-electron chi connectivity index (χ3n) is 4.25. The first kappa shape index (κ1) is 13.2. The minimum Gasteiger partial charge on any atom is -0.497 e. The zero-order chi connectivity index (χ0) is 13.9. The maximum Gasteiger partial charge on any atom is 0.118 e. The third-order valence-corrected chi connectivity index (χ3v) is 4.25. The van der Waals surface area contributed by atoms with Crippen LogP contribution in [0.5, 0.6) is 5.75 Å². The van der Waals surface area contributed by atoms with Crippen molar-refractivity contribution in [3.05, 3.63) is 65.2 Å². The number of aliphatic hydroxyl groups excluding tert-OH is 1. The Balaban J connectivity index is 1.89. The average Bonchev–Trinajstić information content (AvgIpc) is 2.54. The van der Waals surface area contributed by atoms with Crippen LogP contribution in [0, 0.1) is 0 Å². The fourth-order valence-electron chi connectivity index (χ4n) is 3.15. The van der Waals surface area contributed by atoms with Gasteiger partial charge in [0.2, 0.25) is 0 Å². The summed E-state index contributed by atoms with van der Waals surface area (Å²) in [5.41, 5.74) is 3.66. The van der Waals surface area contributed by atoms with E-state index in [9.17, 15) is 5.11 Å². The van der Waals surface area contributed by atoms with Crippen molar-refractivity contribution in [2.24, 2.45) is 0 Å². The van der Waals surface area contributed by atoms with Crippen molar-refractivity contribution in [2.45, 2.75) is 31.3 Å². The maximum absolute atomic E-state index is 10.7. The summed E-state index contributed by atoms with van der Waals surface area (Å²) in [5, 5.41) is 10.7. The Morgan fingerprint density at radius 2 is 1.85 bits per heavy atom. The van der Waals surface area contributed by atoms with Crippen LogP contribution in [0.25, 0.3) is 0 Å². The molecule has 3 rings (SSSR count). The Kier molecular flexibility index (Phi) is 3.75. The summed E-state index contributed by atoms with van der Waals surface area (Å²) in [4.78, 5) is 0. The van der Waals surface area contributed by atoms with E-state index < -0.39 is 6.10 Å². The minimum atomic E-state index is -0.442. The van der Waals surface area contributed by atoms with Gasteiger partial charge in [-0.2, -0.15) is 0 Å². The summed E-state index contributed by atoms with van der Waals surface area (Å²) in [6, 6.07) is 16.2. The zero-order valence-corrected chi connectivity index (χ0v) is 11.8. The van der Waals surface area contributed by atoms with Crippen LogP contribution in [0.4, 0.5) is 0 Å². The second kappa shape index (κ2) is 5.68. The van der Waals surface area contributed by atoms with Gasteiger partial charge in [0.1, 0.15) is 5.75 Å². The first-order valence-corrected chi connectivity index (χ1v) is 7.19. The molecule has 1 N–H and O–H groups in total. The molecule has 0 amide bonds. The predicted molar refractivity (Wildman–Crippen MR) is 80.1 cm³/mol. The summed E-state index contributed by atoms with van der Waals surface area (Å²) >= 11 is 0. The van der Waals surface area contributed by atoms with Gasteiger partial charge in [-0.15, -0.1) is 0 Å². The summed E-state index contributed by atoms with van der Waals surface area (Å²) < 4.78 is 5.17. The first-order valence-electron chi connectivity index (χ1n) is 7.19. The molecule has 0 fully saturated rings. The van der Waals surface area contributed by atoms with E-state index in [0.717, 1.165) is 30.6 Å². The minimum absolute atomic E-state index is 0.202. The highest BCUT2D eigenvalue weighted by Gasteiger charge is 2.27. The van der Waals surface area contributed by atoms with Gasteiger partial charge >= 0.3 is 0 Å². The van der Waals surface area contributed by atoms with Crippen molar-refractivity contribution in [2.75, 3.05) is 7.11 Å². The Morgan fingerprint density at radius 3 is 2.60 bits per heavy atom. The van der Waals surface area contributed by atoms with Crippen molar-refractivity contribution >= 4 is 0 Å². The average molecular weight is 268 g/mol. The van der Waals surface area contributed by atoms with E-state index in [1.165, 1.54) is 11.1 Å². The molecule has 2 heteroatoms. The van der Waals surface area contributed by atoms with Gasteiger partial charge in [0, 0.05) is 5.92 Å². The lowest BCUT2D eigenvalue weighted by Crippen LogP contribution is -2.17. The topological polar surface area (TPSA) is 29.5 Å². The van der Waals surface area contributed by atoms with Crippen molar-refractivity contribution in [3.63, 3.8) is 0 Å². The van der Waals surface area contributed by atoms with E-state index in [-0.39, 0.29) is 5.92 Å². The fourth-order valence-corrected chi connectivity index (χ4v) is 3.15. The molecule has 2 unspecified atom stereocenters. The highest BCUT2D eigenvalue weighted by atomic mass is 16.5. The molecule has 20 heavy (non-hydrogen) atoms. The second-order valence-corrected chi connectivity index (χ2v) is 5.42. The van der Waals surface area contributed by atoms with E-state index in [0.29, 0.717) is 0 Å². The number of aryl methyl sites for hydroxylation is 1. The number of fused-ring (bicyclic) bond motifs is 1. The van der Waals surface area contributed by atoms with Gasteiger partial charge in [0.05, 0.1) is 13.2 Å². The summed E-state index contributed by atoms with van der Waals surface area (Å²) in [7, 11) is 1.66. The molecule has 0 saturated heterocycles. The fraction of sp³-hybridized carbons (Fsp3) is 0.333. The normalized spacial score (nSPS) is 19.2. The van der Waals surface area contributed by atoms with Crippen LogP contribution < -0.4 is 4.74 Å². The number of benzene rings is 2. The largest absolute Gasteiger partial charge is 0.497 e. The summed E-state index contributed by atoms with van der Waals surface area (Å²) in [5.74, 6) is 1.03. The lowest BCUT2D eigenvalue weighted by Gasteiger charge is -2.29. The predicted octanol–water partition coefficient (Wildman–Crippen LogP) is 3.85. The van der Waals surface area contributed by atoms with Gasteiger partial charge in [-0.25, -0.2) is 0 Å². The Bertz CT molecular complexity index is 574. The monoisotopic (exact) mass is 268 g/mol. The lowest BCUT2D eigenvalue weighted by molar-refractivity contribution is 0.136. The van der Waals surface area contributed by atoms with Crippen molar-refractivity contribution in [3.8, 4) is 5.75 Å². The van der Waals surface area contributed by atoms with Crippen molar-refractivity contribution in [1.82, 2.24) is 0 Å². The molecule has 104 valence electrons. The van der Waals surface area contributed by atoms with Crippen LogP contribution in [0.3, 0.4) is 0 Å². The Hall–Kier alpha value is -1.80. The molecule has 1 aliphatic rings. The molecule has 0 heterocycles. The molecule has 2 atom stereocenters. The van der Waals surface area contributed by atoms with Gasteiger partial charge in [-0.1, -0.05) is 36.4 Å². The zero-order valence-electron chi connectivity index (χ0n) is 11.8. The van der Waals surface area contributed by atoms with E-state index >= 15 is 0 Å². The van der Waals surface area contributed by atoms with Gasteiger partial charge in [0.25, 0.3) is 0 Å². The molecule has 0 aromatic heterocycles. The van der Waals surface area contributed by atoms with Gasteiger partial charge < -0.3 is 9.84 Å². The van der Waals surface area contributed by atoms with E-state index in [2.05, 4.69) is 24.3 Å². The number of aliphatic hydroxyl groups is 1. The molecular formula is C18H20O2. The van der Waals surface area contributed by atoms with Crippen LogP contribution in [0.1, 0.15) is 41.6 Å². The summed E-state index contributed by atoms with van der Waals surface area (Å²) in [6.45, 7) is 0. The molecule has 2 nitrogen and oxygen atoms in total. The molecule has 0 bridgehead atoms. The Labute approximate surface area is 120 Å². The molecular weight excluding hydrogens is 248 g/mol. The highest BCUT2D eigenvalue weighted by Crippen LogP contribution is 2.40. The molecule has 0 radical (unpaired) electrons. The van der Waals surface area contributed by atoms with Crippen molar-refractivity contribution < 1.29 is 9.84 Å². The van der Waals surface area contributed by atoms with Crippen LogP contribution >= 0.6 is 0 Å². The van der Waals surface area contributed by atoms with E-state index in [1.54, 1.807) is 7.11 Å². The smallest absolute Gasteiger partial charge is 0.118 e. The maximum atomic E-state index is 10.7. The molecule has 1 aliphatic carbocycles. The second-order valence-electron chi connectivity index (χ2n) is 5.42. The standard InChI is InChI=1S/C18H20O2/c1-20-15-11-9-14(10-12-15)18(19)17-8-4-6-13-5-2-3-7-16(13)17/h2-3,5,7,9-12,17-19H,4,6,8H2,1H3. The highest BCUT2D eigenvalue weighted by molar-refractivity contribution is 5.36. The van der Waals surface area contributed by atoms with Crippen LogP contribution in [-0.4, -0.2) is 12.2 Å².